The van der Waals surface area contributed by atoms with Gasteiger partial charge in [-0.2, -0.15) is 0 Å². The number of allylic oxidation sites excluding steroid dienone is 1. The molecule has 2 rings (SSSR count). The van der Waals surface area contributed by atoms with Crippen LogP contribution in [0.25, 0.3) is 0 Å². The maximum atomic E-state index is 12.7. The fraction of sp³-hybridized carbons (Fsp3) is 0.471. The number of hydrogen-bond donors (Lipinski definition) is 0. The van der Waals surface area contributed by atoms with Gasteiger partial charge in [-0.3, -0.25) is 14.4 Å². The van der Waals surface area contributed by atoms with E-state index in [1.807, 2.05) is 0 Å². The Hall–Kier alpha value is -2.17. The first kappa shape index (κ1) is 16.2. The summed E-state index contributed by atoms with van der Waals surface area (Å²) in [7, 11) is 0. The summed E-state index contributed by atoms with van der Waals surface area (Å²) in [5.74, 6) is -1.43. The minimum atomic E-state index is -1.53. The minimum Gasteiger partial charge on any atom is -0.469 e. The zero-order valence-corrected chi connectivity index (χ0v) is 13.2. The lowest BCUT2D eigenvalue weighted by Gasteiger charge is -2.37. The summed E-state index contributed by atoms with van der Waals surface area (Å²) >= 11 is 0. The molecule has 1 aliphatic rings. The molecule has 1 heterocycles. The van der Waals surface area contributed by atoms with Crippen molar-refractivity contribution in [2.45, 2.75) is 45.6 Å². The van der Waals surface area contributed by atoms with E-state index >= 15 is 0 Å². The molecule has 0 N–H and O–H groups in total. The highest BCUT2D eigenvalue weighted by atomic mass is 16.6. The number of rotatable bonds is 3. The molecule has 118 valence electrons. The topological polar surface area (TPSA) is 73.6 Å². The van der Waals surface area contributed by atoms with Crippen molar-refractivity contribution in [3.63, 3.8) is 0 Å². The summed E-state index contributed by atoms with van der Waals surface area (Å²) in [6.45, 7) is 6.54. The van der Waals surface area contributed by atoms with Gasteiger partial charge in [0, 0.05) is 6.42 Å². The van der Waals surface area contributed by atoms with Crippen LogP contribution in [-0.2, 0) is 19.1 Å². The van der Waals surface area contributed by atoms with Crippen LogP contribution in [0.4, 0.5) is 0 Å². The molecule has 0 fully saturated rings. The maximum absolute atomic E-state index is 12.7. The summed E-state index contributed by atoms with van der Waals surface area (Å²) in [5.41, 5.74) is -2.26. The number of esters is 1. The van der Waals surface area contributed by atoms with E-state index in [1.165, 1.54) is 25.3 Å². The number of furan rings is 1. The van der Waals surface area contributed by atoms with Crippen molar-refractivity contribution in [3.05, 3.63) is 36.3 Å². The Morgan fingerprint density at radius 2 is 2.05 bits per heavy atom. The van der Waals surface area contributed by atoms with E-state index in [0.29, 0.717) is 5.76 Å². The summed E-state index contributed by atoms with van der Waals surface area (Å²) in [6.07, 6.45) is 4.13. The maximum Gasteiger partial charge on any atom is 0.324 e. The van der Waals surface area contributed by atoms with E-state index in [9.17, 15) is 14.4 Å². The Bertz CT molecular complexity index is 618. The van der Waals surface area contributed by atoms with Gasteiger partial charge in [-0.05, 0) is 45.9 Å². The van der Waals surface area contributed by atoms with Gasteiger partial charge in [0.25, 0.3) is 0 Å². The molecular weight excluding hydrogens is 284 g/mol. The monoisotopic (exact) mass is 304 g/mol. The second-order valence-corrected chi connectivity index (χ2v) is 6.50. The number of ether oxygens (including phenoxy) is 1. The van der Waals surface area contributed by atoms with E-state index < -0.39 is 22.9 Å². The molecule has 2 atom stereocenters. The first-order valence-electron chi connectivity index (χ1n) is 7.17. The molecule has 5 nitrogen and oxygen atoms in total. The standard InChI is InChI=1S/C17H20O5/c1-11(18)17(15(20)22-16(2,3)4)8-7-12(19)10-13(17)14-6-5-9-21-14/h5-9,13H,10H2,1-4H3/t13-,17+/m0/s1. The zero-order chi connectivity index (χ0) is 16.5. The third-order valence-electron chi connectivity index (χ3n) is 3.69. The molecule has 0 bridgehead atoms. The van der Waals surface area contributed by atoms with Gasteiger partial charge in [-0.15, -0.1) is 0 Å². The Morgan fingerprint density at radius 3 is 2.55 bits per heavy atom. The van der Waals surface area contributed by atoms with E-state index in [4.69, 9.17) is 9.15 Å². The number of ketones is 2. The highest BCUT2D eigenvalue weighted by molar-refractivity contribution is 6.09. The summed E-state index contributed by atoms with van der Waals surface area (Å²) < 4.78 is 10.8. The third-order valence-corrected chi connectivity index (χ3v) is 3.69. The molecular formula is C17H20O5. The van der Waals surface area contributed by atoms with Crippen molar-refractivity contribution in [2.75, 3.05) is 0 Å². The number of carbonyl (C=O) groups is 3. The smallest absolute Gasteiger partial charge is 0.324 e. The molecule has 0 unspecified atom stereocenters. The molecule has 0 radical (unpaired) electrons. The van der Waals surface area contributed by atoms with Crippen LogP contribution in [0, 0.1) is 5.41 Å². The first-order valence-corrected chi connectivity index (χ1v) is 7.17. The van der Waals surface area contributed by atoms with Crippen LogP contribution >= 0.6 is 0 Å². The molecule has 1 aromatic rings. The number of carbonyl (C=O) groups excluding carboxylic acids is 3. The lowest BCUT2D eigenvalue weighted by atomic mass is 9.66. The molecule has 0 aliphatic heterocycles. The quantitative estimate of drug-likeness (QED) is 0.634. The van der Waals surface area contributed by atoms with Crippen LogP contribution in [0.3, 0.4) is 0 Å². The Labute approximate surface area is 129 Å². The number of Topliss-reactive ketones (excluding diaryl/α,β-unsaturated/α-hetero) is 1. The van der Waals surface area contributed by atoms with Gasteiger partial charge in [0.1, 0.15) is 11.4 Å². The predicted octanol–water partition coefficient (Wildman–Crippen LogP) is 2.81. The summed E-state index contributed by atoms with van der Waals surface area (Å²) in [5, 5.41) is 0. The lowest BCUT2D eigenvalue weighted by molar-refractivity contribution is -0.169. The first-order chi connectivity index (χ1) is 10.2. The second-order valence-electron chi connectivity index (χ2n) is 6.50. The van der Waals surface area contributed by atoms with Crippen molar-refractivity contribution in [1.82, 2.24) is 0 Å². The third kappa shape index (κ3) is 2.89. The van der Waals surface area contributed by atoms with Crippen LogP contribution in [-0.4, -0.2) is 23.1 Å². The largest absolute Gasteiger partial charge is 0.469 e. The average Bonchev–Trinajstić information content (AvgIpc) is 2.89. The average molecular weight is 304 g/mol. The molecule has 0 saturated heterocycles. The Kier molecular flexibility index (Phi) is 4.09. The van der Waals surface area contributed by atoms with Crippen LogP contribution in [0.5, 0.6) is 0 Å². The lowest BCUT2D eigenvalue weighted by Crippen LogP contribution is -2.47. The normalized spacial score (nSPS) is 25.1. The molecule has 1 aromatic heterocycles. The predicted molar refractivity (Wildman–Crippen MR) is 79.2 cm³/mol. The van der Waals surface area contributed by atoms with E-state index in [0.717, 1.165) is 0 Å². The highest BCUT2D eigenvalue weighted by Gasteiger charge is 2.54. The van der Waals surface area contributed by atoms with Crippen molar-refractivity contribution in [1.29, 1.82) is 0 Å². The van der Waals surface area contributed by atoms with Gasteiger partial charge < -0.3 is 9.15 Å². The summed E-state index contributed by atoms with van der Waals surface area (Å²) in [6, 6.07) is 3.33. The zero-order valence-electron chi connectivity index (χ0n) is 13.2. The second kappa shape index (κ2) is 5.55. The molecule has 22 heavy (non-hydrogen) atoms. The van der Waals surface area contributed by atoms with Crippen molar-refractivity contribution in [3.8, 4) is 0 Å². The van der Waals surface area contributed by atoms with Gasteiger partial charge in [-0.1, -0.05) is 6.08 Å². The minimum absolute atomic E-state index is 0.0306. The van der Waals surface area contributed by atoms with Crippen LogP contribution in [0.1, 0.15) is 45.8 Å². The molecule has 0 aromatic carbocycles. The van der Waals surface area contributed by atoms with Crippen molar-refractivity contribution >= 4 is 17.5 Å². The van der Waals surface area contributed by atoms with Crippen LogP contribution < -0.4 is 0 Å². The number of hydrogen-bond acceptors (Lipinski definition) is 5. The highest BCUT2D eigenvalue weighted by Crippen LogP contribution is 2.45. The van der Waals surface area contributed by atoms with E-state index in [2.05, 4.69) is 0 Å². The molecule has 5 heteroatoms. The van der Waals surface area contributed by atoms with Gasteiger partial charge >= 0.3 is 5.97 Å². The molecule has 0 amide bonds. The molecule has 0 spiro atoms. The SMILES string of the molecule is CC(=O)[C@]1(C(=O)OC(C)(C)C)C=CC(=O)C[C@H]1c1ccco1. The van der Waals surface area contributed by atoms with Crippen molar-refractivity contribution in [2.24, 2.45) is 5.41 Å². The molecule has 1 aliphatic carbocycles. The van der Waals surface area contributed by atoms with Gasteiger partial charge in [-0.25, -0.2) is 0 Å². The van der Waals surface area contributed by atoms with E-state index in [1.54, 1.807) is 32.9 Å². The van der Waals surface area contributed by atoms with Crippen LogP contribution in [0.15, 0.2) is 35.0 Å². The fourth-order valence-corrected chi connectivity index (χ4v) is 2.66. The van der Waals surface area contributed by atoms with E-state index in [-0.39, 0.29) is 18.0 Å². The molecule has 0 saturated carbocycles. The van der Waals surface area contributed by atoms with Gasteiger partial charge in [0.05, 0.1) is 12.2 Å². The van der Waals surface area contributed by atoms with Gasteiger partial charge in [0.15, 0.2) is 17.0 Å². The fourth-order valence-electron chi connectivity index (χ4n) is 2.66. The summed E-state index contributed by atoms with van der Waals surface area (Å²) in [4.78, 5) is 36.9. The Balaban J connectivity index is 2.54. The Morgan fingerprint density at radius 1 is 1.36 bits per heavy atom. The van der Waals surface area contributed by atoms with Crippen molar-refractivity contribution < 1.29 is 23.5 Å². The van der Waals surface area contributed by atoms with Crippen LogP contribution in [0.2, 0.25) is 0 Å². The van der Waals surface area contributed by atoms with Gasteiger partial charge in [0.2, 0.25) is 0 Å².